The van der Waals surface area contributed by atoms with Gasteiger partial charge in [-0.05, 0) is 35.4 Å². The van der Waals surface area contributed by atoms with Crippen LogP contribution in [0.5, 0.6) is 0 Å². The third-order valence-electron chi connectivity index (χ3n) is 7.08. The van der Waals surface area contributed by atoms with Crippen LogP contribution in [-0.2, 0) is 24.7 Å². The number of ether oxygens (including phenoxy) is 1. The molecule has 0 aromatic heterocycles. The fourth-order valence-electron chi connectivity index (χ4n) is 5.44. The summed E-state index contributed by atoms with van der Waals surface area (Å²) in [5, 5.41) is 3.41. The molecule has 7 heteroatoms. The van der Waals surface area contributed by atoms with Gasteiger partial charge in [-0.15, -0.1) is 0 Å². The normalized spacial score (nSPS) is 25.5. The standard InChI is InChI=1S/C28H27N3O4/c1-30(2)20-16-14-18(15-17-20)24-22-23(26(33)31(25(22)32)21-12-8-5-9-13-21)28(29-24,27(34)35-3)19-10-6-4-7-11-19/h4-17,22-24,29H,1-3H3/t22-,23-,24+,28-/m0/s1. The Morgan fingerprint density at radius 1 is 0.886 bits per heavy atom. The minimum atomic E-state index is -1.51. The SMILES string of the molecule is COC(=O)[C@@]1(c2ccccc2)N[C@H](c2ccc(N(C)C)cc2)[C@H]2C(=O)N(c3ccccc3)C(=O)[C@H]21. The number of imide groups is 1. The smallest absolute Gasteiger partial charge is 0.331 e. The van der Waals surface area contributed by atoms with Gasteiger partial charge >= 0.3 is 5.97 Å². The lowest BCUT2D eigenvalue weighted by Gasteiger charge is -2.33. The highest BCUT2D eigenvalue weighted by atomic mass is 16.5. The Bertz CT molecular complexity index is 1260. The number of carbonyl (C=O) groups is 3. The van der Waals surface area contributed by atoms with Gasteiger partial charge in [0.05, 0.1) is 24.6 Å². The first-order valence-electron chi connectivity index (χ1n) is 11.5. The van der Waals surface area contributed by atoms with Crippen LogP contribution in [0.3, 0.4) is 0 Å². The van der Waals surface area contributed by atoms with Gasteiger partial charge in [-0.25, -0.2) is 9.69 Å². The molecule has 0 unspecified atom stereocenters. The summed E-state index contributed by atoms with van der Waals surface area (Å²) in [6.45, 7) is 0. The van der Waals surface area contributed by atoms with Gasteiger partial charge in [0.15, 0.2) is 5.54 Å². The van der Waals surface area contributed by atoms with Crippen molar-refractivity contribution in [3.8, 4) is 0 Å². The summed E-state index contributed by atoms with van der Waals surface area (Å²) in [4.78, 5) is 44.6. The summed E-state index contributed by atoms with van der Waals surface area (Å²) in [6.07, 6.45) is 0. The molecule has 35 heavy (non-hydrogen) atoms. The van der Waals surface area contributed by atoms with Crippen molar-refractivity contribution in [3.05, 3.63) is 96.1 Å². The van der Waals surface area contributed by atoms with Crippen LogP contribution in [-0.4, -0.2) is 39.0 Å². The Hall–Kier alpha value is -3.97. The van der Waals surface area contributed by atoms with E-state index in [1.54, 1.807) is 36.4 Å². The van der Waals surface area contributed by atoms with Gasteiger partial charge in [0.2, 0.25) is 11.8 Å². The van der Waals surface area contributed by atoms with Crippen LogP contribution in [0.1, 0.15) is 17.2 Å². The van der Waals surface area contributed by atoms with Gasteiger partial charge in [-0.2, -0.15) is 0 Å². The summed E-state index contributed by atoms with van der Waals surface area (Å²) in [6, 6.07) is 25.1. The van der Waals surface area contributed by atoms with Gasteiger partial charge in [0.1, 0.15) is 0 Å². The molecule has 7 nitrogen and oxygen atoms in total. The Labute approximate surface area is 204 Å². The number of hydrogen-bond acceptors (Lipinski definition) is 6. The van der Waals surface area contributed by atoms with E-state index < -0.39 is 35.3 Å². The first kappa shape index (κ1) is 22.8. The minimum absolute atomic E-state index is 0.331. The summed E-state index contributed by atoms with van der Waals surface area (Å²) in [5.74, 6) is -3.10. The third kappa shape index (κ3) is 3.42. The summed E-state index contributed by atoms with van der Waals surface area (Å²) in [7, 11) is 5.21. The van der Waals surface area contributed by atoms with Crippen molar-refractivity contribution >= 4 is 29.2 Å². The second-order valence-electron chi connectivity index (χ2n) is 9.12. The van der Waals surface area contributed by atoms with Crippen molar-refractivity contribution in [3.63, 3.8) is 0 Å². The molecule has 0 saturated carbocycles. The molecule has 1 N–H and O–H groups in total. The molecule has 2 aliphatic rings. The number of para-hydroxylation sites is 1. The van der Waals surface area contributed by atoms with Crippen molar-refractivity contribution in [2.45, 2.75) is 11.6 Å². The number of rotatable bonds is 5. The predicted molar refractivity (Wildman–Crippen MR) is 133 cm³/mol. The van der Waals surface area contributed by atoms with Crippen LogP contribution in [0.15, 0.2) is 84.9 Å². The highest BCUT2D eigenvalue weighted by Crippen LogP contribution is 2.54. The van der Waals surface area contributed by atoms with E-state index in [0.29, 0.717) is 11.3 Å². The molecular weight excluding hydrogens is 442 g/mol. The van der Waals surface area contributed by atoms with Gasteiger partial charge < -0.3 is 9.64 Å². The minimum Gasteiger partial charge on any atom is -0.467 e. The lowest BCUT2D eigenvalue weighted by atomic mass is 9.75. The Morgan fingerprint density at radius 2 is 1.49 bits per heavy atom. The Morgan fingerprint density at radius 3 is 2.06 bits per heavy atom. The Balaban J connectivity index is 1.70. The van der Waals surface area contributed by atoms with Crippen molar-refractivity contribution < 1.29 is 19.1 Å². The molecule has 3 aromatic rings. The molecular formula is C28H27N3O4. The van der Waals surface area contributed by atoms with E-state index in [4.69, 9.17) is 4.74 Å². The van der Waals surface area contributed by atoms with Crippen LogP contribution in [0.25, 0.3) is 0 Å². The lowest BCUT2D eigenvalue weighted by Crippen LogP contribution is -2.53. The number of anilines is 2. The maximum absolute atomic E-state index is 14.0. The van der Waals surface area contributed by atoms with Crippen molar-refractivity contribution in [1.82, 2.24) is 5.32 Å². The number of carbonyl (C=O) groups excluding carboxylic acids is 3. The van der Waals surface area contributed by atoms with Gasteiger partial charge in [0, 0.05) is 25.8 Å². The molecule has 2 heterocycles. The Kier molecular flexibility index (Phi) is 5.65. The maximum atomic E-state index is 14.0. The third-order valence-corrected chi connectivity index (χ3v) is 7.08. The van der Waals surface area contributed by atoms with Crippen molar-refractivity contribution in [2.24, 2.45) is 11.8 Å². The lowest BCUT2D eigenvalue weighted by molar-refractivity contribution is -0.152. The average molecular weight is 470 g/mol. The topological polar surface area (TPSA) is 79.0 Å². The molecule has 2 amide bonds. The molecule has 2 aliphatic heterocycles. The maximum Gasteiger partial charge on any atom is 0.331 e. The van der Waals surface area contributed by atoms with Crippen molar-refractivity contribution in [1.29, 1.82) is 0 Å². The zero-order valence-corrected chi connectivity index (χ0v) is 19.8. The van der Waals surface area contributed by atoms with Crippen LogP contribution >= 0.6 is 0 Å². The fourth-order valence-corrected chi connectivity index (χ4v) is 5.44. The van der Waals surface area contributed by atoms with E-state index >= 15 is 0 Å². The second-order valence-corrected chi connectivity index (χ2v) is 9.12. The van der Waals surface area contributed by atoms with Gasteiger partial charge in [-0.1, -0.05) is 60.7 Å². The van der Waals surface area contributed by atoms with E-state index in [1.165, 1.54) is 12.0 Å². The summed E-state index contributed by atoms with van der Waals surface area (Å²) < 4.78 is 5.27. The van der Waals surface area contributed by atoms with Gasteiger partial charge in [-0.3, -0.25) is 14.9 Å². The predicted octanol–water partition coefficient (Wildman–Crippen LogP) is 3.27. The molecule has 4 atom stereocenters. The molecule has 178 valence electrons. The van der Waals surface area contributed by atoms with E-state index in [9.17, 15) is 14.4 Å². The summed E-state index contributed by atoms with van der Waals surface area (Å²) >= 11 is 0. The fraction of sp³-hybridized carbons (Fsp3) is 0.250. The zero-order valence-electron chi connectivity index (χ0n) is 19.8. The molecule has 0 bridgehead atoms. The van der Waals surface area contributed by atoms with Crippen molar-refractivity contribution in [2.75, 3.05) is 31.0 Å². The number of esters is 1. The first-order chi connectivity index (χ1) is 16.9. The van der Waals surface area contributed by atoms with Crippen LogP contribution in [0.4, 0.5) is 11.4 Å². The highest BCUT2D eigenvalue weighted by Gasteiger charge is 2.69. The van der Waals surface area contributed by atoms with Crippen LogP contribution in [0.2, 0.25) is 0 Å². The molecule has 5 rings (SSSR count). The van der Waals surface area contributed by atoms with Gasteiger partial charge in [0.25, 0.3) is 0 Å². The number of nitrogens with zero attached hydrogens (tertiary/aromatic N) is 2. The number of nitrogens with one attached hydrogen (secondary N) is 1. The van der Waals surface area contributed by atoms with E-state index in [1.807, 2.05) is 67.5 Å². The molecule has 2 saturated heterocycles. The highest BCUT2D eigenvalue weighted by molar-refractivity contribution is 6.24. The van der Waals surface area contributed by atoms with Crippen LogP contribution < -0.4 is 15.1 Å². The average Bonchev–Trinajstić information content (AvgIpc) is 3.39. The molecule has 3 aromatic carbocycles. The monoisotopic (exact) mass is 469 g/mol. The quantitative estimate of drug-likeness (QED) is 0.457. The molecule has 0 spiro atoms. The van der Waals surface area contributed by atoms with Crippen LogP contribution in [0, 0.1) is 11.8 Å². The first-order valence-corrected chi connectivity index (χ1v) is 11.5. The van der Waals surface area contributed by atoms with E-state index in [-0.39, 0.29) is 5.91 Å². The largest absolute Gasteiger partial charge is 0.467 e. The number of benzene rings is 3. The van der Waals surface area contributed by atoms with E-state index in [0.717, 1.165) is 11.3 Å². The van der Waals surface area contributed by atoms with E-state index in [2.05, 4.69) is 5.32 Å². The number of amides is 2. The molecule has 0 aliphatic carbocycles. The second kappa shape index (κ2) is 8.67. The number of methoxy groups -OCH3 is 1. The number of hydrogen-bond donors (Lipinski definition) is 1. The number of fused-ring (bicyclic) bond motifs is 1. The summed E-state index contributed by atoms with van der Waals surface area (Å²) in [5.41, 5.74) is 1.39. The zero-order chi connectivity index (χ0) is 24.7. The molecule has 0 radical (unpaired) electrons. The molecule has 2 fully saturated rings.